The van der Waals surface area contributed by atoms with Gasteiger partial charge in [-0.05, 0) is 23.1 Å². The minimum atomic E-state index is -0.892. The van der Waals surface area contributed by atoms with Gasteiger partial charge >= 0.3 is 5.97 Å². The molecule has 0 saturated heterocycles. The number of thiophene rings is 1. The van der Waals surface area contributed by atoms with Crippen molar-refractivity contribution < 1.29 is 14.6 Å². The molecule has 0 saturated carbocycles. The van der Waals surface area contributed by atoms with Crippen molar-refractivity contribution in [2.75, 3.05) is 7.11 Å². The van der Waals surface area contributed by atoms with Gasteiger partial charge in [0.25, 0.3) is 0 Å². The Bertz CT molecular complexity index is 550. The molecule has 0 aliphatic carbocycles. The molecule has 4 nitrogen and oxygen atoms in total. The Morgan fingerprint density at radius 3 is 2.94 bits per heavy atom. The zero-order valence-electron chi connectivity index (χ0n) is 9.34. The first-order chi connectivity index (χ1) is 8.13. The molecule has 1 unspecified atom stereocenters. The molecule has 0 radical (unpaired) electrons. The van der Waals surface area contributed by atoms with Crippen LogP contribution in [-0.4, -0.2) is 18.2 Å². The number of aliphatic carboxylic acids is 1. The van der Waals surface area contributed by atoms with E-state index >= 15 is 0 Å². The van der Waals surface area contributed by atoms with Gasteiger partial charge in [-0.25, -0.2) is 0 Å². The molecule has 17 heavy (non-hydrogen) atoms. The number of benzene rings is 1. The molecular formula is C12H13NO3S. The van der Waals surface area contributed by atoms with Crippen LogP contribution in [0.2, 0.25) is 0 Å². The van der Waals surface area contributed by atoms with Gasteiger partial charge < -0.3 is 15.6 Å². The first-order valence-electron chi connectivity index (χ1n) is 5.15. The van der Waals surface area contributed by atoms with Crippen molar-refractivity contribution in [2.24, 2.45) is 5.73 Å². The third kappa shape index (κ3) is 2.25. The lowest BCUT2D eigenvalue weighted by molar-refractivity contribution is -0.137. The van der Waals surface area contributed by atoms with Gasteiger partial charge in [0, 0.05) is 11.4 Å². The fourth-order valence-electron chi connectivity index (χ4n) is 1.84. The highest BCUT2D eigenvalue weighted by Crippen LogP contribution is 2.35. The summed E-state index contributed by atoms with van der Waals surface area (Å²) in [5, 5.41) is 11.7. The van der Waals surface area contributed by atoms with Crippen LogP contribution in [0.3, 0.4) is 0 Å². The zero-order chi connectivity index (χ0) is 12.4. The number of carboxylic acids is 1. The summed E-state index contributed by atoms with van der Waals surface area (Å²) in [5.74, 6) is -0.0991. The Hall–Kier alpha value is -1.59. The van der Waals surface area contributed by atoms with E-state index in [0.717, 1.165) is 21.4 Å². The standard InChI is InChI=1S/C12H13NO3S/c1-16-10-3-2-7(9(13)6-11(14)15)8-4-5-17-12(8)10/h2-5,9H,6,13H2,1H3,(H,14,15). The Balaban J connectivity index is 2.48. The van der Waals surface area contributed by atoms with Crippen LogP contribution < -0.4 is 10.5 Å². The van der Waals surface area contributed by atoms with Gasteiger partial charge in [-0.3, -0.25) is 4.79 Å². The number of carbonyl (C=O) groups is 1. The largest absolute Gasteiger partial charge is 0.495 e. The third-order valence-electron chi connectivity index (χ3n) is 2.63. The number of nitrogens with two attached hydrogens (primary N) is 1. The maximum Gasteiger partial charge on any atom is 0.305 e. The lowest BCUT2D eigenvalue weighted by Gasteiger charge is -2.12. The van der Waals surface area contributed by atoms with Crippen LogP contribution >= 0.6 is 11.3 Å². The number of carboxylic acid groups (broad SMARTS) is 1. The first kappa shape index (κ1) is 11.9. The molecule has 2 rings (SSSR count). The van der Waals surface area contributed by atoms with Crippen LogP contribution in [0.5, 0.6) is 5.75 Å². The van der Waals surface area contributed by atoms with E-state index in [2.05, 4.69) is 0 Å². The topological polar surface area (TPSA) is 72.5 Å². The molecule has 0 spiro atoms. The van der Waals surface area contributed by atoms with Crippen LogP contribution in [0.4, 0.5) is 0 Å². The van der Waals surface area contributed by atoms with Gasteiger partial charge in [0.05, 0.1) is 18.2 Å². The van der Waals surface area contributed by atoms with E-state index in [1.54, 1.807) is 18.4 Å². The molecule has 1 heterocycles. The van der Waals surface area contributed by atoms with Crippen molar-refractivity contribution in [3.63, 3.8) is 0 Å². The highest BCUT2D eigenvalue weighted by molar-refractivity contribution is 7.17. The summed E-state index contributed by atoms with van der Waals surface area (Å²) >= 11 is 1.56. The summed E-state index contributed by atoms with van der Waals surface area (Å²) in [7, 11) is 1.62. The molecule has 0 amide bonds. The van der Waals surface area contributed by atoms with E-state index < -0.39 is 12.0 Å². The van der Waals surface area contributed by atoms with Gasteiger partial charge in [0.1, 0.15) is 5.75 Å². The lowest BCUT2D eigenvalue weighted by Crippen LogP contribution is -2.15. The van der Waals surface area contributed by atoms with E-state index in [0.29, 0.717) is 0 Å². The average Bonchev–Trinajstić information content (AvgIpc) is 2.75. The fourth-order valence-corrected chi connectivity index (χ4v) is 2.76. The number of fused-ring (bicyclic) bond motifs is 1. The van der Waals surface area contributed by atoms with E-state index in [-0.39, 0.29) is 6.42 Å². The lowest BCUT2D eigenvalue weighted by atomic mass is 10.0. The Morgan fingerprint density at radius 1 is 1.53 bits per heavy atom. The Morgan fingerprint density at radius 2 is 2.29 bits per heavy atom. The Kier molecular flexibility index (Phi) is 3.31. The highest BCUT2D eigenvalue weighted by atomic mass is 32.1. The summed E-state index contributed by atoms with van der Waals surface area (Å²) in [6.45, 7) is 0. The highest BCUT2D eigenvalue weighted by Gasteiger charge is 2.15. The number of rotatable bonds is 4. The first-order valence-corrected chi connectivity index (χ1v) is 6.03. The monoisotopic (exact) mass is 251 g/mol. The van der Waals surface area contributed by atoms with Crippen molar-refractivity contribution in [2.45, 2.75) is 12.5 Å². The van der Waals surface area contributed by atoms with Crippen molar-refractivity contribution in [3.05, 3.63) is 29.1 Å². The summed E-state index contributed by atoms with van der Waals surface area (Å²) in [4.78, 5) is 10.7. The van der Waals surface area contributed by atoms with Gasteiger partial charge in [0.15, 0.2) is 0 Å². The van der Waals surface area contributed by atoms with Gasteiger partial charge in [-0.2, -0.15) is 0 Å². The second-order valence-electron chi connectivity index (χ2n) is 3.72. The quantitative estimate of drug-likeness (QED) is 0.875. The molecule has 3 N–H and O–H groups in total. The number of hydrogen-bond donors (Lipinski definition) is 2. The second kappa shape index (κ2) is 4.73. The maximum absolute atomic E-state index is 10.7. The van der Waals surface area contributed by atoms with Gasteiger partial charge in [-0.15, -0.1) is 11.3 Å². The van der Waals surface area contributed by atoms with E-state index in [4.69, 9.17) is 15.6 Å². The molecule has 1 aromatic heterocycles. The van der Waals surface area contributed by atoms with Crippen molar-refractivity contribution in [1.29, 1.82) is 0 Å². The number of ether oxygens (including phenoxy) is 1. The third-order valence-corrected chi connectivity index (χ3v) is 3.56. The normalized spacial score (nSPS) is 12.6. The average molecular weight is 251 g/mol. The molecule has 0 bridgehead atoms. The molecule has 2 aromatic rings. The molecule has 0 aliphatic heterocycles. The van der Waals surface area contributed by atoms with Crippen molar-refractivity contribution in [3.8, 4) is 5.75 Å². The van der Waals surface area contributed by atoms with E-state index in [1.165, 1.54) is 0 Å². The van der Waals surface area contributed by atoms with Crippen molar-refractivity contribution in [1.82, 2.24) is 0 Å². The number of methoxy groups -OCH3 is 1. The minimum Gasteiger partial charge on any atom is -0.495 e. The predicted octanol–water partition coefficient (Wildman–Crippen LogP) is 2.38. The van der Waals surface area contributed by atoms with Crippen LogP contribution in [0.15, 0.2) is 23.6 Å². The van der Waals surface area contributed by atoms with Crippen LogP contribution in [-0.2, 0) is 4.79 Å². The summed E-state index contributed by atoms with van der Waals surface area (Å²) < 4.78 is 6.26. The van der Waals surface area contributed by atoms with Crippen molar-refractivity contribution >= 4 is 27.4 Å². The van der Waals surface area contributed by atoms with Crippen LogP contribution in [0.1, 0.15) is 18.0 Å². The Labute approximate surface area is 103 Å². The molecule has 0 fully saturated rings. The molecule has 0 aliphatic rings. The van der Waals surface area contributed by atoms with Crippen LogP contribution in [0.25, 0.3) is 10.1 Å². The minimum absolute atomic E-state index is 0.0721. The summed E-state index contributed by atoms with van der Waals surface area (Å²) in [6.07, 6.45) is -0.0721. The second-order valence-corrected chi connectivity index (χ2v) is 4.64. The molecule has 1 atom stereocenters. The van der Waals surface area contributed by atoms with Gasteiger partial charge in [0.2, 0.25) is 0 Å². The molecule has 90 valence electrons. The smallest absolute Gasteiger partial charge is 0.305 e. The molecular weight excluding hydrogens is 238 g/mol. The van der Waals surface area contributed by atoms with E-state index in [1.807, 2.05) is 23.6 Å². The summed E-state index contributed by atoms with van der Waals surface area (Å²) in [5.41, 5.74) is 6.75. The molecule has 1 aromatic carbocycles. The fraction of sp³-hybridized carbons (Fsp3) is 0.250. The predicted molar refractivity (Wildman–Crippen MR) is 67.6 cm³/mol. The van der Waals surface area contributed by atoms with E-state index in [9.17, 15) is 4.79 Å². The SMILES string of the molecule is COc1ccc(C(N)CC(=O)O)c2ccsc12. The summed E-state index contributed by atoms with van der Waals surface area (Å²) in [6, 6.07) is 5.12. The number of hydrogen-bond acceptors (Lipinski definition) is 4. The van der Waals surface area contributed by atoms with Gasteiger partial charge in [-0.1, -0.05) is 6.07 Å². The molecule has 5 heteroatoms. The maximum atomic E-state index is 10.7. The zero-order valence-corrected chi connectivity index (χ0v) is 10.2. The van der Waals surface area contributed by atoms with Crippen LogP contribution in [0, 0.1) is 0 Å².